The molecule has 3 heterocycles. The number of piperidine rings is 1. The minimum Gasteiger partial charge on any atom is -0.212 e. The van der Waals surface area contributed by atoms with Crippen LogP contribution < -0.4 is 0 Å². The van der Waals surface area contributed by atoms with Crippen LogP contribution in [-0.4, -0.2) is 50.9 Å². The number of rotatable bonds is 4. The van der Waals surface area contributed by atoms with Crippen molar-refractivity contribution in [3.05, 3.63) is 23.7 Å². The summed E-state index contributed by atoms with van der Waals surface area (Å²) < 4.78 is 28.3. The van der Waals surface area contributed by atoms with Crippen LogP contribution in [0.4, 0.5) is 0 Å². The molecule has 7 nitrogen and oxygen atoms in total. The van der Waals surface area contributed by atoms with E-state index in [1.807, 2.05) is 10.6 Å². The lowest BCUT2D eigenvalue weighted by Crippen LogP contribution is -2.40. The fourth-order valence-electron chi connectivity index (χ4n) is 3.62. The number of hydrogen-bond acceptors (Lipinski definition) is 5. The van der Waals surface area contributed by atoms with Crippen LogP contribution in [0.15, 0.2) is 12.1 Å². The van der Waals surface area contributed by atoms with Gasteiger partial charge in [-0.05, 0) is 50.7 Å². The summed E-state index contributed by atoms with van der Waals surface area (Å²) in [6, 6.07) is 4.04. The second-order valence-electron chi connectivity index (χ2n) is 7.28. The zero-order chi connectivity index (χ0) is 16.3. The fraction of sp³-hybridized carbons (Fsp3) is 0.688. The largest absolute Gasteiger partial charge is 0.216 e. The van der Waals surface area contributed by atoms with Crippen LogP contribution in [0.3, 0.4) is 0 Å². The zero-order valence-electron chi connectivity index (χ0n) is 13.5. The molecule has 1 saturated heterocycles. The third-order valence-corrected chi connectivity index (χ3v) is 7.83. The smallest absolute Gasteiger partial charge is 0.212 e. The molecule has 0 bridgehead atoms. The Kier molecular flexibility index (Phi) is 3.22. The van der Waals surface area contributed by atoms with E-state index in [9.17, 15) is 8.42 Å². The van der Waals surface area contributed by atoms with E-state index >= 15 is 0 Å². The lowest BCUT2D eigenvalue weighted by molar-refractivity contribution is 0.311. The van der Waals surface area contributed by atoms with E-state index in [1.165, 1.54) is 12.8 Å². The Bertz CT molecular complexity index is 877. The standard InChI is InChI=1S/C16H21N5O2S/c22-24(23,13-3-4-13)20-9-7-12(8-10-20)16-18-17-15-6-5-14(11-1-2-11)19-21(15)16/h5-6,11-13H,1-4,7-10H2. The predicted octanol–water partition coefficient (Wildman–Crippen LogP) is 1.67. The monoisotopic (exact) mass is 347 g/mol. The van der Waals surface area contributed by atoms with Crippen LogP contribution >= 0.6 is 0 Å². The van der Waals surface area contributed by atoms with Crippen molar-refractivity contribution in [1.29, 1.82) is 0 Å². The van der Waals surface area contributed by atoms with Crippen LogP contribution in [0.5, 0.6) is 0 Å². The molecule has 128 valence electrons. The van der Waals surface area contributed by atoms with E-state index in [-0.39, 0.29) is 11.2 Å². The van der Waals surface area contributed by atoms with Gasteiger partial charge in [-0.15, -0.1) is 10.2 Å². The summed E-state index contributed by atoms with van der Waals surface area (Å²) in [4.78, 5) is 0. The highest BCUT2D eigenvalue weighted by Gasteiger charge is 2.41. The number of sulfonamides is 1. The molecule has 2 aromatic heterocycles. The maximum atomic E-state index is 12.4. The highest BCUT2D eigenvalue weighted by Crippen LogP contribution is 2.39. The highest BCUT2D eigenvalue weighted by atomic mass is 32.2. The van der Waals surface area contributed by atoms with Crippen molar-refractivity contribution in [1.82, 2.24) is 24.1 Å². The van der Waals surface area contributed by atoms with E-state index in [0.717, 1.165) is 42.8 Å². The molecule has 2 aromatic rings. The van der Waals surface area contributed by atoms with Crippen molar-refractivity contribution < 1.29 is 8.42 Å². The maximum Gasteiger partial charge on any atom is 0.216 e. The quantitative estimate of drug-likeness (QED) is 0.840. The SMILES string of the molecule is O=S(=O)(C1CC1)N1CCC(c2nnc3ccc(C4CC4)nn23)CC1. The van der Waals surface area contributed by atoms with Crippen molar-refractivity contribution in [3.63, 3.8) is 0 Å². The van der Waals surface area contributed by atoms with Gasteiger partial charge in [0.25, 0.3) is 0 Å². The van der Waals surface area contributed by atoms with Crippen LogP contribution in [0.25, 0.3) is 5.65 Å². The summed E-state index contributed by atoms with van der Waals surface area (Å²) in [6.07, 6.45) is 5.67. The molecule has 3 fully saturated rings. The molecule has 0 radical (unpaired) electrons. The van der Waals surface area contributed by atoms with Gasteiger partial charge in [0, 0.05) is 24.9 Å². The molecule has 24 heavy (non-hydrogen) atoms. The first-order valence-corrected chi connectivity index (χ1v) is 10.3. The van der Waals surface area contributed by atoms with Gasteiger partial charge >= 0.3 is 0 Å². The Morgan fingerprint density at radius 3 is 2.33 bits per heavy atom. The van der Waals surface area contributed by atoms with Crippen molar-refractivity contribution in [2.24, 2.45) is 0 Å². The molecule has 0 amide bonds. The summed E-state index contributed by atoms with van der Waals surface area (Å²) in [5.41, 5.74) is 1.90. The minimum atomic E-state index is -3.06. The summed E-state index contributed by atoms with van der Waals surface area (Å²) in [7, 11) is -3.06. The van der Waals surface area contributed by atoms with E-state index in [0.29, 0.717) is 19.0 Å². The van der Waals surface area contributed by atoms with Gasteiger partial charge in [0.2, 0.25) is 10.0 Å². The molecule has 0 atom stereocenters. The van der Waals surface area contributed by atoms with E-state index < -0.39 is 10.0 Å². The highest BCUT2D eigenvalue weighted by molar-refractivity contribution is 7.90. The van der Waals surface area contributed by atoms with Crippen LogP contribution in [-0.2, 0) is 10.0 Å². The third-order valence-electron chi connectivity index (χ3n) is 5.43. The molecule has 3 aliphatic rings. The van der Waals surface area contributed by atoms with E-state index in [1.54, 1.807) is 4.31 Å². The average molecular weight is 347 g/mol. The normalized spacial score (nSPS) is 23.8. The van der Waals surface area contributed by atoms with Crippen molar-refractivity contribution in [2.45, 2.75) is 55.6 Å². The Labute approximate surface area is 141 Å². The number of nitrogens with zero attached hydrogens (tertiary/aromatic N) is 5. The maximum absolute atomic E-state index is 12.4. The van der Waals surface area contributed by atoms with Crippen molar-refractivity contribution >= 4 is 15.7 Å². The molecule has 0 aromatic carbocycles. The average Bonchev–Trinajstić information content (AvgIpc) is 3.50. The number of aromatic nitrogens is 4. The summed E-state index contributed by atoms with van der Waals surface area (Å²) >= 11 is 0. The molecule has 0 spiro atoms. The lowest BCUT2D eigenvalue weighted by atomic mass is 9.97. The topological polar surface area (TPSA) is 80.5 Å². The third kappa shape index (κ3) is 2.43. The van der Waals surface area contributed by atoms with Gasteiger partial charge in [-0.1, -0.05) is 0 Å². The van der Waals surface area contributed by atoms with Gasteiger partial charge in [-0.2, -0.15) is 9.61 Å². The molecule has 2 saturated carbocycles. The number of fused-ring (bicyclic) bond motifs is 1. The molecule has 0 unspecified atom stereocenters. The Morgan fingerprint density at radius 1 is 0.917 bits per heavy atom. The van der Waals surface area contributed by atoms with Gasteiger partial charge in [-0.3, -0.25) is 0 Å². The van der Waals surface area contributed by atoms with Crippen molar-refractivity contribution in [2.75, 3.05) is 13.1 Å². The molecular weight excluding hydrogens is 326 g/mol. The van der Waals surface area contributed by atoms with E-state index in [2.05, 4.69) is 16.3 Å². The fourth-order valence-corrected chi connectivity index (χ4v) is 5.49. The summed E-state index contributed by atoms with van der Waals surface area (Å²) in [6.45, 7) is 1.17. The zero-order valence-corrected chi connectivity index (χ0v) is 14.3. The van der Waals surface area contributed by atoms with Crippen LogP contribution in [0.1, 0.15) is 61.9 Å². The van der Waals surface area contributed by atoms with Crippen LogP contribution in [0, 0.1) is 0 Å². The lowest BCUT2D eigenvalue weighted by Gasteiger charge is -2.30. The second kappa shape index (κ2) is 5.23. The van der Waals surface area contributed by atoms with Gasteiger partial charge in [0.1, 0.15) is 0 Å². The first-order valence-electron chi connectivity index (χ1n) is 8.84. The van der Waals surface area contributed by atoms with E-state index in [4.69, 9.17) is 5.10 Å². The first kappa shape index (κ1) is 14.8. The van der Waals surface area contributed by atoms with Gasteiger partial charge in [0.15, 0.2) is 11.5 Å². The Hall–Kier alpha value is -1.54. The summed E-state index contributed by atoms with van der Waals surface area (Å²) in [5.74, 6) is 1.71. The molecular formula is C16H21N5O2S. The first-order chi connectivity index (χ1) is 11.6. The minimum absolute atomic E-state index is 0.120. The molecule has 2 aliphatic carbocycles. The van der Waals surface area contributed by atoms with Gasteiger partial charge in [-0.25, -0.2) is 12.7 Å². The van der Waals surface area contributed by atoms with Crippen molar-refractivity contribution in [3.8, 4) is 0 Å². The molecule has 1 aliphatic heterocycles. The van der Waals surface area contributed by atoms with Gasteiger partial charge < -0.3 is 0 Å². The molecule has 5 rings (SSSR count). The van der Waals surface area contributed by atoms with Gasteiger partial charge in [0.05, 0.1) is 10.9 Å². The second-order valence-corrected chi connectivity index (χ2v) is 9.49. The predicted molar refractivity (Wildman–Crippen MR) is 88.2 cm³/mol. The molecule has 0 N–H and O–H groups in total. The Balaban J connectivity index is 1.37. The Morgan fingerprint density at radius 2 is 1.67 bits per heavy atom. The number of hydrogen-bond donors (Lipinski definition) is 0. The molecule has 8 heteroatoms. The van der Waals surface area contributed by atoms with Crippen LogP contribution in [0.2, 0.25) is 0 Å². The summed E-state index contributed by atoms with van der Waals surface area (Å²) in [5, 5.41) is 13.2.